The average molecular weight is 295 g/mol. The monoisotopic (exact) mass is 295 g/mol. The lowest BCUT2D eigenvalue weighted by Crippen LogP contribution is -2.99. The van der Waals surface area contributed by atoms with Gasteiger partial charge in [-0.15, -0.1) is 0 Å². The van der Waals surface area contributed by atoms with Gasteiger partial charge in [-0.1, -0.05) is 12.1 Å². The van der Waals surface area contributed by atoms with Gasteiger partial charge in [-0.25, -0.2) is 14.8 Å². The van der Waals surface area contributed by atoms with Gasteiger partial charge in [-0.3, -0.25) is 0 Å². The van der Waals surface area contributed by atoms with Crippen LogP contribution in [0.2, 0.25) is 0 Å². The maximum absolute atomic E-state index is 11.8. The van der Waals surface area contributed by atoms with Gasteiger partial charge in [0.15, 0.2) is 5.69 Å². The Labute approximate surface area is 121 Å². The number of rotatable bonds is 6. The third-order valence-electron chi connectivity index (χ3n) is 2.44. The van der Waals surface area contributed by atoms with Crippen LogP contribution < -0.4 is 5.23 Å². The van der Waals surface area contributed by atoms with Gasteiger partial charge < -0.3 is 14.7 Å². The van der Waals surface area contributed by atoms with Crippen LogP contribution in [0.4, 0.5) is 5.69 Å². The highest BCUT2D eigenvalue weighted by molar-refractivity contribution is 6.17. The molecule has 2 N–H and O–H groups in total. The lowest BCUT2D eigenvalue weighted by molar-refractivity contribution is -0.991. The molecule has 0 aliphatic carbocycles. The molecule has 0 saturated carbocycles. The molecule has 1 aromatic rings. The van der Waals surface area contributed by atoms with Gasteiger partial charge in [0.1, 0.15) is 5.57 Å². The van der Waals surface area contributed by atoms with Crippen molar-refractivity contribution < 1.29 is 29.5 Å². The van der Waals surface area contributed by atoms with Crippen LogP contribution in [0.3, 0.4) is 0 Å². The summed E-state index contributed by atoms with van der Waals surface area (Å²) in [6, 6.07) is 5.85. The van der Waals surface area contributed by atoms with E-state index in [0.29, 0.717) is 5.56 Å². The van der Waals surface area contributed by atoms with Crippen LogP contribution in [0.1, 0.15) is 19.4 Å². The Morgan fingerprint density at radius 2 is 1.81 bits per heavy atom. The predicted molar refractivity (Wildman–Crippen MR) is 73.5 cm³/mol. The largest absolute Gasteiger partial charge is 0.595 e. The van der Waals surface area contributed by atoms with Crippen molar-refractivity contribution >= 4 is 23.7 Å². The Bertz CT molecular complexity index is 518. The lowest BCUT2D eigenvalue weighted by atomic mass is 10.1. The minimum Gasteiger partial charge on any atom is -0.595 e. The normalized spacial score (nSPS) is 11.4. The molecule has 0 aliphatic rings. The highest BCUT2D eigenvalue weighted by Crippen LogP contribution is 2.13. The maximum Gasteiger partial charge on any atom is 0.345 e. The number of carbonyl (C=O) groups excluding carboxylic acids is 2. The number of ether oxygens (including phenoxy) is 2. The fraction of sp³-hybridized carbons (Fsp3) is 0.286. The standard InChI is InChI=1S/C14H17NO6/c1-3-20-13(16)12(14(17)21-4-2)9-10-6-5-7-11(8-10)15(18)19/h5-9,15,18H,3-4H2,1-2H3. The molecule has 7 heteroatoms. The first-order chi connectivity index (χ1) is 9.99. The van der Waals surface area contributed by atoms with E-state index in [1.54, 1.807) is 19.9 Å². The summed E-state index contributed by atoms with van der Waals surface area (Å²) in [4.78, 5) is 23.6. The molecule has 0 aliphatic heterocycles. The molecule has 0 radical (unpaired) electrons. The van der Waals surface area contributed by atoms with E-state index in [2.05, 4.69) is 0 Å². The van der Waals surface area contributed by atoms with Gasteiger partial charge in [0.05, 0.1) is 13.2 Å². The summed E-state index contributed by atoms with van der Waals surface area (Å²) in [6.07, 6.45) is 1.25. The van der Waals surface area contributed by atoms with E-state index in [-0.39, 0.29) is 24.5 Å². The second kappa shape index (κ2) is 8.15. The Morgan fingerprint density at radius 3 is 2.29 bits per heavy atom. The van der Waals surface area contributed by atoms with Gasteiger partial charge in [0.2, 0.25) is 0 Å². The third-order valence-corrected chi connectivity index (χ3v) is 2.44. The number of hydrogen-bond donors (Lipinski definition) is 2. The summed E-state index contributed by atoms with van der Waals surface area (Å²) in [5.74, 6) is -1.62. The quantitative estimate of drug-likeness (QED) is 0.262. The van der Waals surface area contributed by atoms with Crippen molar-refractivity contribution in [2.75, 3.05) is 13.2 Å². The fourth-order valence-electron chi connectivity index (χ4n) is 1.55. The summed E-state index contributed by atoms with van der Waals surface area (Å²) in [5, 5.41) is 18.7. The van der Waals surface area contributed by atoms with E-state index >= 15 is 0 Å². The fourth-order valence-corrected chi connectivity index (χ4v) is 1.55. The SMILES string of the molecule is CCOC(=O)C(=Cc1cccc([NH+]([O-])O)c1)C(=O)OCC. The molecule has 1 atom stereocenters. The molecule has 0 saturated heterocycles. The second-order valence-corrected chi connectivity index (χ2v) is 3.93. The van der Waals surface area contributed by atoms with Gasteiger partial charge in [-0.05, 0) is 25.5 Å². The van der Waals surface area contributed by atoms with Crippen LogP contribution in [0.5, 0.6) is 0 Å². The minimum absolute atomic E-state index is 0.0517. The second-order valence-electron chi connectivity index (χ2n) is 3.93. The van der Waals surface area contributed by atoms with Gasteiger partial charge in [0, 0.05) is 12.1 Å². The molecule has 0 bridgehead atoms. The molecular weight excluding hydrogens is 278 g/mol. The van der Waals surface area contributed by atoms with Crippen LogP contribution in [0.15, 0.2) is 29.8 Å². The average Bonchev–Trinajstić information content (AvgIpc) is 2.45. The van der Waals surface area contributed by atoms with Crippen LogP contribution >= 0.6 is 0 Å². The number of hydrogen-bond acceptors (Lipinski definition) is 6. The number of quaternary nitrogens is 1. The first-order valence-electron chi connectivity index (χ1n) is 6.38. The molecule has 7 nitrogen and oxygen atoms in total. The molecule has 0 aromatic heterocycles. The molecule has 114 valence electrons. The van der Waals surface area contributed by atoms with E-state index in [0.717, 1.165) is 0 Å². The Morgan fingerprint density at radius 1 is 1.24 bits per heavy atom. The summed E-state index contributed by atoms with van der Waals surface area (Å²) in [7, 11) is 0. The highest BCUT2D eigenvalue weighted by Gasteiger charge is 2.21. The zero-order chi connectivity index (χ0) is 15.8. The zero-order valence-corrected chi connectivity index (χ0v) is 11.8. The molecule has 0 amide bonds. The van der Waals surface area contributed by atoms with Crippen LogP contribution in [0.25, 0.3) is 6.08 Å². The number of carbonyl (C=O) groups is 2. The maximum atomic E-state index is 11.8. The van der Waals surface area contributed by atoms with Crippen LogP contribution in [-0.2, 0) is 19.1 Å². The number of benzene rings is 1. The van der Waals surface area contributed by atoms with Gasteiger partial charge >= 0.3 is 11.9 Å². The Kier molecular flexibility index (Phi) is 6.54. The van der Waals surface area contributed by atoms with Crippen molar-refractivity contribution in [2.24, 2.45) is 0 Å². The van der Waals surface area contributed by atoms with Crippen LogP contribution in [0, 0.1) is 5.21 Å². The molecule has 0 heterocycles. The molecule has 1 unspecified atom stereocenters. The van der Waals surface area contributed by atoms with E-state index in [4.69, 9.17) is 14.7 Å². The highest BCUT2D eigenvalue weighted by atomic mass is 16.8. The summed E-state index contributed by atoms with van der Waals surface area (Å²) < 4.78 is 9.59. The van der Waals surface area contributed by atoms with Crippen molar-refractivity contribution in [3.63, 3.8) is 0 Å². The third kappa shape index (κ3) is 4.99. The first kappa shape index (κ1) is 16.8. The Balaban J connectivity index is 3.15. The lowest BCUT2D eigenvalue weighted by Gasteiger charge is -2.12. The van der Waals surface area contributed by atoms with Crippen molar-refractivity contribution in [3.8, 4) is 0 Å². The van der Waals surface area contributed by atoms with Gasteiger partial charge in [0.25, 0.3) is 0 Å². The molecule has 1 rings (SSSR count). The van der Waals surface area contributed by atoms with Crippen LogP contribution in [-0.4, -0.2) is 30.4 Å². The Hall–Kier alpha value is -2.22. The molecule has 21 heavy (non-hydrogen) atoms. The van der Waals surface area contributed by atoms with Crippen molar-refractivity contribution in [1.82, 2.24) is 0 Å². The summed E-state index contributed by atoms with van der Waals surface area (Å²) in [6.45, 7) is 3.47. The van der Waals surface area contributed by atoms with Gasteiger partial charge in [-0.2, -0.15) is 5.23 Å². The van der Waals surface area contributed by atoms with Crippen molar-refractivity contribution in [3.05, 3.63) is 40.6 Å². The van der Waals surface area contributed by atoms with E-state index in [9.17, 15) is 14.8 Å². The first-order valence-corrected chi connectivity index (χ1v) is 6.38. The van der Waals surface area contributed by atoms with E-state index in [1.807, 2.05) is 0 Å². The number of esters is 2. The molecule has 0 fully saturated rings. The molecule has 0 spiro atoms. The smallest absolute Gasteiger partial charge is 0.345 e. The molecular formula is C14H17NO6. The summed E-state index contributed by atoms with van der Waals surface area (Å²) in [5.41, 5.74) is 0.170. The number of nitrogens with one attached hydrogen (secondary N) is 1. The predicted octanol–water partition coefficient (Wildman–Crippen LogP) is 0.600. The van der Waals surface area contributed by atoms with E-state index in [1.165, 1.54) is 24.3 Å². The van der Waals surface area contributed by atoms with Crippen molar-refractivity contribution in [2.45, 2.75) is 13.8 Å². The topological polar surface area (TPSA) is 100 Å². The van der Waals surface area contributed by atoms with E-state index < -0.39 is 17.2 Å². The molecule has 1 aromatic carbocycles. The zero-order valence-electron chi connectivity index (χ0n) is 11.8. The van der Waals surface area contributed by atoms with Crippen molar-refractivity contribution in [1.29, 1.82) is 0 Å². The minimum atomic E-state index is -1.10. The summed E-state index contributed by atoms with van der Waals surface area (Å²) >= 11 is 0.